The number of nitrogens with zero attached hydrogens (tertiary/aromatic N) is 1. The zero-order valence-corrected chi connectivity index (χ0v) is 22.0. The fourth-order valence-corrected chi connectivity index (χ4v) is 7.24. The van der Waals surface area contributed by atoms with Crippen LogP contribution in [-0.4, -0.2) is 23.4 Å². The summed E-state index contributed by atoms with van der Waals surface area (Å²) in [5.41, 5.74) is 0.381. The Kier molecular flexibility index (Phi) is 7.98. The smallest absolute Gasteiger partial charge is 0.427 e. The van der Waals surface area contributed by atoms with Gasteiger partial charge in [0.1, 0.15) is 5.75 Å². The average Bonchev–Trinajstić information content (AvgIpc) is 3.31. The zero-order chi connectivity index (χ0) is 26.2. The van der Waals surface area contributed by atoms with E-state index in [9.17, 15) is 22.0 Å². The van der Waals surface area contributed by atoms with E-state index in [0.717, 1.165) is 28.6 Å². The average molecular weight is 558 g/mol. The first kappa shape index (κ1) is 26.7. The van der Waals surface area contributed by atoms with E-state index in [1.54, 1.807) is 17.8 Å². The van der Waals surface area contributed by atoms with Gasteiger partial charge in [-0.15, -0.1) is 23.1 Å². The van der Waals surface area contributed by atoms with Crippen molar-refractivity contribution in [3.05, 3.63) is 52.8 Å². The molecule has 0 bridgehead atoms. The lowest BCUT2D eigenvalue weighted by Gasteiger charge is -2.37. The molecular formula is C27H28F5NO2S2. The van der Waals surface area contributed by atoms with E-state index in [-0.39, 0.29) is 0 Å². The normalized spacial score (nSPS) is 24.9. The van der Waals surface area contributed by atoms with Crippen molar-refractivity contribution in [1.29, 1.82) is 0 Å². The van der Waals surface area contributed by atoms with Gasteiger partial charge in [0, 0.05) is 29.4 Å². The Balaban J connectivity index is 1.18. The van der Waals surface area contributed by atoms with Crippen LogP contribution >= 0.6 is 23.1 Å². The minimum Gasteiger partial charge on any atom is -0.427 e. The van der Waals surface area contributed by atoms with Gasteiger partial charge in [-0.25, -0.2) is 18.2 Å². The molecule has 1 aromatic heterocycles. The Hall–Kier alpha value is -1.91. The molecule has 0 amide bonds. The molecule has 1 aliphatic heterocycles. The second-order valence-electron chi connectivity index (χ2n) is 10.1. The van der Waals surface area contributed by atoms with Crippen LogP contribution in [0.2, 0.25) is 0 Å². The van der Waals surface area contributed by atoms with Gasteiger partial charge in [0.15, 0.2) is 17.5 Å². The molecule has 5 rings (SSSR count). The summed E-state index contributed by atoms with van der Waals surface area (Å²) < 4.78 is 80.4. The summed E-state index contributed by atoms with van der Waals surface area (Å²) in [6.45, 7) is 3.12. The Morgan fingerprint density at radius 1 is 1.03 bits per heavy atom. The molecule has 2 fully saturated rings. The van der Waals surface area contributed by atoms with Gasteiger partial charge in [0.2, 0.25) is 5.01 Å². The van der Waals surface area contributed by atoms with Gasteiger partial charge in [0.25, 0.3) is 0 Å². The first-order valence-corrected chi connectivity index (χ1v) is 14.3. The van der Waals surface area contributed by atoms with E-state index in [2.05, 4.69) is 16.6 Å². The Labute approximate surface area is 220 Å². The lowest BCUT2D eigenvalue weighted by atomic mass is 9.78. The second-order valence-corrected chi connectivity index (χ2v) is 12.2. The molecule has 0 spiro atoms. The molecule has 3 aromatic rings. The number of aromatic nitrogens is 1. The van der Waals surface area contributed by atoms with Gasteiger partial charge in [-0.05, 0) is 74.5 Å². The van der Waals surface area contributed by atoms with Crippen LogP contribution < -0.4 is 4.74 Å². The van der Waals surface area contributed by atoms with E-state index in [0.29, 0.717) is 46.2 Å². The van der Waals surface area contributed by atoms with Crippen LogP contribution in [-0.2, 0) is 10.8 Å². The quantitative estimate of drug-likeness (QED) is 0.165. The summed E-state index contributed by atoms with van der Waals surface area (Å²) in [5.74, 6) is -2.88. The Bertz CT molecular complexity index is 1210. The molecular weight excluding hydrogens is 529 g/mol. The highest BCUT2D eigenvalue weighted by atomic mass is 32.2. The fraction of sp³-hybridized carbons (Fsp3) is 0.519. The Morgan fingerprint density at radius 3 is 2.43 bits per heavy atom. The van der Waals surface area contributed by atoms with E-state index in [1.807, 2.05) is 12.1 Å². The van der Waals surface area contributed by atoms with E-state index >= 15 is 0 Å². The minimum atomic E-state index is -3.94. The van der Waals surface area contributed by atoms with Crippen molar-refractivity contribution >= 4 is 33.3 Å². The van der Waals surface area contributed by atoms with Crippen molar-refractivity contribution in [2.75, 3.05) is 12.4 Å². The SMILES string of the molecule is CC1CCC(C2CCC(CSc3ccc4nc(C(F)(F)Oc5cc(F)c(F)c(F)c5)sc4c3)CC2)OC1. The summed E-state index contributed by atoms with van der Waals surface area (Å²) in [4.78, 5) is 4.93. The number of thiazole rings is 1. The van der Waals surface area contributed by atoms with Crippen LogP contribution in [0.4, 0.5) is 22.0 Å². The van der Waals surface area contributed by atoms with E-state index < -0.39 is 34.3 Å². The molecule has 1 aliphatic carbocycles. The van der Waals surface area contributed by atoms with Crippen molar-refractivity contribution in [3.63, 3.8) is 0 Å². The largest absolute Gasteiger partial charge is 0.454 e. The molecule has 1 saturated heterocycles. The van der Waals surface area contributed by atoms with Crippen LogP contribution in [0.3, 0.4) is 0 Å². The Morgan fingerprint density at radius 2 is 1.76 bits per heavy atom. The first-order chi connectivity index (χ1) is 17.7. The zero-order valence-electron chi connectivity index (χ0n) is 20.3. The summed E-state index contributed by atoms with van der Waals surface area (Å²) in [5, 5.41) is -0.646. The molecule has 2 unspecified atom stereocenters. The first-order valence-electron chi connectivity index (χ1n) is 12.5. The van der Waals surface area contributed by atoms with E-state index in [4.69, 9.17) is 4.74 Å². The van der Waals surface area contributed by atoms with Crippen molar-refractivity contribution in [1.82, 2.24) is 4.98 Å². The number of thioether (sulfide) groups is 1. The third kappa shape index (κ3) is 6.23. The van der Waals surface area contributed by atoms with E-state index in [1.165, 1.54) is 38.5 Å². The predicted octanol–water partition coefficient (Wildman–Crippen LogP) is 8.56. The number of alkyl halides is 2. The number of hydrogen-bond acceptors (Lipinski definition) is 5. The predicted molar refractivity (Wildman–Crippen MR) is 135 cm³/mol. The summed E-state index contributed by atoms with van der Waals surface area (Å²) in [6.07, 6.45) is 3.63. The van der Waals surface area contributed by atoms with Gasteiger partial charge in [-0.3, -0.25) is 0 Å². The number of rotatable bonds is 7. The maximum Gasteiger partial charge on any atom is 0.454 e. The van der Waals surface area contributed by atoms with Crippen LogP contribution in [0.25, 0.3) is 10.2 Å². The molecule has 3 nitrogen and oxygen atoms in total. The highest BCUT2D eigenvalue weighted by molar-refractivity contribution is 7.99. The number of benzene rings is 2. The molecule has 1 saturated carbocycles. The molecule has 10 heteroatoms. The van der Waals surface area contributed by atoms with Crippen LogP contribution in [0.5, 0.6) is 5.75 Å². The summed E-state index contributed by atoms with van der Waals surface area (Å²) in [6, 6.07) is 6.14. The third-order valence-electron chi connectivity index (χ3n) is 7.25. The van der Waals surface area contributed by atoms with Crippen LogP contribution in [0.1, 0.15) is 50.5 Å². The molecule has 0 radical (unpaired) electrons. The van der Waals surface area contributed by atoms with Crippen LogP contribution in [0, 0.1) is 35.2 Å². The molecule has 2 heterocycles. The number of ether oxygens (including phenoxy) is 2. The van der Waals surface area contributed by atoms with Crippen molar-refractivity contribution < 1.29 is 31.4 Å². The number of hydrogen-bond donors (Lipinski definition) is 0. The van der Waals surface area contributed by atoms with Crippen molar-refractivity contribution in [3.8, 4) is 5.75 Å². The highest BCUT2D eigenvalue weighted by Crippen LogP contribution is 2.40. The second kappa shape index (κ2) is 11.1. The number of halogens is 5. The molecule has 2 atom stereocenters. The van der Waals surface area contributed by atoms with Gasteiger partial charge in [-0.2, -0.15) is 8.78 Å². The third-order valence-corrected chi connectivity index (χ3v) is 9.55. The lowest BCUT2D eigenvalue weighted by Crippen LogP contribution is -2.33. The lowest BCUT2D eigenvalue weighted by molar-refractivity contribution is -0.185. The summed E-state index contributed by atoms with van der Waals surface area (Å²) >= 11 is 2.46. The minimum absolute atomic E-state index is 0.379. The molecule has 37 heavy (non-hydrogen) atoms. The monoisotopic (exact) mass is 557 g/mol. The van der Waals surface area contributed by atoms with Gasteiger partial charge in [-0.1, -0.05) is 6.92 Å². The molecule has 2 aromatic carbocycles. The van der Waals surface area contributed by atoms with Gasteiger partial charge < -0.3 is 9.47 Å². The van der Waals surface area contributed by atoms with Crippen molar-refractivity contribution in [2.24, 2.45) is 17.8 Å². The molecule has 0 N–H and O–H groups in total. The maximum absolute atomic E-state index is 14.7. The highest BCUT2D eigenvalue weighted by Gasteiger charge is 2.39. The maximum atomic E-state index is 14.7. The van der Waals surface area contributed by atoms with Crippen LogP contribution in [0.15, 0.2) is 35.2 Å². The standard InChI is InChI=1S/C27H28F5NO2S2/c1-15-2-9-23(34-13-15)17-5-3-16(4-6-17)14-36-19-7-8-22-24(12-19)37-26(33-22)27(31,32)35-18-10-20(28)25(30)21(29)11-18/h7-8,10-12,15-17,23H,2-6,9,13-14H2,1H3. The molecule has 2 aliphatic rings. The molecule has 200 valence electrons. The van der Waals surface area contributed by atoms with Gasteiger partial charge in [0.05, 0.1) is 16.3 Å². The fourth-order valence-electron chi connectivity index (χ4n) is 5.12. The van der Waals surface area contributed by atoms with Crippen molar-refractivity contribution in [2.45, 2.75) is 62.6 Å². The topological polar surface area (TPSA) is 31.4 Å². The summed E-state index contributed by atoms with van der Waals surface area (Å²) in [7, 11) is 0. The number of fused-ring (bicyclic) bond motifs is 1. The van der Waals surface area contributed by atoms with Gasteiger partial charge >= 0.3 is 6.11 Å².